The van der Waals surface area contributed by atoms with Gasteiger partial charge < -0.3 is 0 Å². The molecule has 1 aliphatic carbocycles. The van der Waals surface area contributed by atoms with Gasteiger partial charge in [-0.3, -0.25) is 0 Å². The Labute approximate surface area is 73.3 Å². The highest BCUT2D eigenvalue weighted by atomic mass is 19.2. The first-order valence-corrected chi connectivity index (χ1v) is 4.89. The molecule has 72 valence electrons. The van der Waals surface area contributed by atoms with Crippen molar-refractivity contribution in [3.63, 3.8) is 0 Å². The normalized spacial score (nSPS) is 37.2. The highest BCUT2D eigenvalue weighted by Gasteiger charge is 2.33. The SMILES string of the molecule is CC(C)CC1CCCC(F)C1F. The standard InChI is InChI=1S/C10H18F2/c1-7(2)6-8-4-3-5-9(11)10(8)12/h7-10H,3-6H2,1-2H3. The molecular weight excluding hydrogens is 158 g/mol. The molecule has 0 aromatic heterocycles. The van der Waals surface area contributed by atoms with Gasteiger partial charge >= 0.3 is 0 Å². The summed E-state index contributed by atoms with van der Waals surface area (Å²) in [5.41, 5.74) is 0. The van der Waals surface area contributed by atoms with E-state index in [1.54, 1.807) is 0 Å². The monoisotopic (exact) mass is 176 g/mol. The summed E-state index contributed by atoms with van der Waals surface area (Å²) in [6.45, 7) is 4.13. The first kappa shape index (κ1) is 9.94. The fourth-order valence-electron chi connectivity index (χ4n) is 2.04. The largest absolute Gasteiger partial charge is 0.244 e. The molecule has 0 aromatic rings. The topological polar surface area (TPSA) is 0 Å². The molecule has 1 saturated carbocycles. The first-order valence-electron chi connectivity index (χ1n) is 4.89. The maximum absolute atomic E-state index is 13.2. The second kappa shape index (κ2) is 4.20. The van der Waals surface area contributed by atoms with Crippen molar-refractivity contribution in [3.8, 4) is 0 Å². The van der Waals surface area contributed by atoms with Crippen molar-refractivity contribution in [2.45, 2.75) is 51.9 Å². The number of hydrogen-bond donors (Lipinski definition) is 0. The maximum atomic E-state index is 13.2. The molecule has 0 N–H and O–H groups in total. The lowest BCUT2D eigenvalue weighted by molar-refractivity contribution is 0.0567. The van der Waals surface area contributed by atoms with Crippen LogP contribution in [0.25, 0.3) is 0 Å². The molecule has 1 fully saturated rings. The fraction of sp³-hybridized carbons (Fsp3) is 1.00. The Hall–Kier alpha value is -0.140. The van der Waals surface area contributed by atoms with E-state index in [0.717, 1.165) is 19.3 Å². The van der Waals surface area contributed by atoms with Gasteiger partial charge in [0.15, 0.2) is 0 Å². The van der Waals surface area contributed by atoms with Crippen LogP contribution in [0.15, 0.2) is 0 Å². The van der Waals surface area contributed by atoms with E-state index in [9.17, 15) is 8.78 Å². The average molecular weight is 176 g/mol. The summed E-state index contributed by atoms with van der Waals surface area (Å²) in [6, 6.07) is 0. The van der Waals surface area contributed by atoms with Gasteiger partial charge in [0.25, 0.3) is 0 Å². The van der Waals surface area contributed by atoms with Crippen molar-refractivity contribution in [3.05, 3.63) is 0 Å². The Kier molecular flexibility index (Phi) is 3.48. The Balaban J connectivity index is 2.41. The van der Waals surface area contributed by atoms with Gasteiger partial charge in [0, 0.05) is 0 Å². The minimum atomic E-state index is -1.19. The van der Waals surface area contributed by atoms with Crippen LogP contribution in [0.5, 0.6) is 0 Å². The summed E-state index contributed by atoms with van der Waals surface area (Å²) in [7, 11) is 0. The molecular formula is C10H18F2. The second-order valence-electron chi connectivity index (χ2n) is 4.28. The van der Waals surface area contributed by atoms with Crippen LogP contribution in [0.2, 0.25) is 0 Å². The molecule has 2 heteroatoms. The zero-order valence-electron chi connectivity index (χ0n) is 7.89. The molecule has 0 saturated heterocycles. The molecule has 0 amide bonds. The van der Waals surface area contributed by atoms with Crippen LogP contribution < -0.4 is 0 Å². The van der Waals surface area contributed by atoms with E-state index in [1.165, 1.54) is 0 Å². The number of alkyl halides is 2. The highest BCUT2D eigenvalue weighted by Crippen LogP contribution is 2.33. The van der Waals surface area contributed by atoms with E-state index < -0.39 is 12.3 Å². The maximum Gasteiger partial charge on any atom is 0.134 e. The fourth-order valence-corrected chi connectivity index (χ4v) is 2.04. The number of rotatable bonds is 2. The number of hydrogen-bond acceptors (Lipinski definition) is 0. The van der Waals surface area contributed by atoms with E-state index in [-0.39, 0.29) is 5.92 Å². The summed E-state index contributed by atoms with van der Waals surface area (Å²) >= 11 is 0. The van der Waals surface area contributed by atoms with Crippen LogP contribution in [0.1, 0.15) is 39.5 Å². The van der Waals surface area contributed by atoms with E-state index in [4.69, 9.17) is 0 Å². The van der Waals surface area contributed by atoms with E-state index in [2.05, 4.69) is 13.8 Å². The molecule has 3 unspecified atom stereocenters. The summed E-state index contributed by atoms with van der Waals surface area (Å²) in [5.74, 6) is 0.465. The van der Waals surface area contributed by atoms with Gasteiger partial charge in [-0.1, -0.05) is 20.3 Å². The number of halogens is 2. The van der Waals surface area contributed by atoms with Gasteiger partial charge in [-0.05, 0) is 31.1 Å². The molecule has 0 radical (unpaired) electrons. The first-order chi connectivity index (χ1) is 5.61. The van der Waals surface area contributed by atoms with Crippen LogP contribution in [-0.4, -0.2) is 12.3 Å². The van der Waals surface area contributed by atoms with Crippen LogP contribution in [0, 0.1) is 11.8 Å². The predicted octanol–water partition coefficient (Wildman–Crippen LogP) is 3.51. The van der Waals surface area contributed by atoms with E-state index in [1.807, 2.05) is 0 Å². The van der Waals surface area contributed by atoms with Crippen molar-refractivity contribution >= 4 is 0 Å². The molecule has 1 rings (SSSR count). The smallest absolute Gasteiger partial charge is 0.134 e. The van der Waals surface area contributed by atoms with Gasteiger partial charge in [0.1, 0.15) is 12.3 Å². The molecule has 0 aromatic carbocycles. The molecule has 0 spiro atoms. The van der Waals surface area contributed by atoms with Crippen molar-refractivity contribution < 1.29 is 8.78 Å². The molecule has 3 atom stereocenters. The lowest BCUT2D eigenvalue weighted by Crippen LogP contribution is -2.32. The molecule has 0 heterocycles. The Morgan fingerprint density at radius 1 is 1.25 bits per heavy atom. The minimum absolute atomic E-state index is 0.0197. The van der Waals surface area contributed by atoms with Crippen molar-refractivity contribution in [2.24, 2.45) is 11.8 Å². The van der Waals surface area contributed by atoms with E-state index in [0.29, 0.717) is 12.3 Å². The quantitative estimate of drug-likeness (QED) is 0.604. The van der Waals surface area contributed by atoms with Gasteiger partial charge in [-0.2, -0.15) is 0 Å². The van der Waals surface area contributed by atoms with Crippen molar-refractivity contribution in [1.82, 2.24) is 0 Å². The Morgan fingerprint density at radius 2 is 1.92 bits per heavy atom. The third-order valence-electron chi connectivity index (χ3n) is 2.62. The zero-order chi connectivity index (χ0) is 9.14. The summed E-state index contributed by atoms with van der Waals surface area (Å²) < 4.78 is 26.1. The zero-order valence-corrected chi connectivity index (χ0v) is 7.89. The third kappa shape index (κ3) is 2.43. The average Bonchev–Trinajstić information content (AvgIpc) is 1.98. The van der Waals surface area contributed by atoms with Crippen molar-refractivity contribution in [2.75, 3.05) is 0 Å². The van der Waals surface area contributed by atoms with Gasteiger partial charge in [0.2, 0.25) is 0 Å². The van der Waals surface area contributed by atoms with Crippen molar-refractivity contribution in [1.29, 1.82) is 0 Å². The lowest BCUT2D eigenvalue weighted by atomic mass is 9.81. The molecule has 1 aliphatic rings. The predicted molar refractivity (Wildman–Crippen MR) is 46.6 cm³/mol. The van der Waals surface area contributed by atoms with Gasteiger partial charge in [-0.15, -0.1) is 0 Å². The van der Waals surface area contributed by atoms with E-state index >= 15 is 0 Å². The Morgan fingerprint density at radius 3 is 2.50 bits per heavy atom. The minimum Gasteiger partial charge on any atom is -0.244 e. The molecule has 12 heavy (non-hydrogen) atoms. The summed E-state index contributed by atoms with van der Waals surface area (Å²) in [4.78, 5) is 0. The summed E-state index contributed by atoms with van der Waals surface area (Å²) in [6.07, 6.45) is 0.611. The molecule has 0 bridgehead atoms. The van der Waals surface area contributed by atoms with Crippen LogP contribution in [0.4, 0.5) is 8.78 Å². The summed E-state index contributed by atoms with van der Waals surface area (Å²) in [5, 5.41) is 0. The third-order valence-corrected chi connectivity index (χ3v) is 2.62. The Bertz CT molecular complexity index is 134. The van der Waals surface area contributed by atoms with Crippen LogP contribution >= 0.6 is 0 Å². The molecule has 0 aliphatic heterocycles. The van der Waals surface area contributed by atoms with Gasteiger partial charge in [-0.25, -0.2) is 8.78 Å². The van der Waals surface area contributed by atoms with Crippen LogP contribution in [0.3, 0.4) is 0 Å². The second-order valence-corrected chi connectivity index (χ2v) is 4.28. The molecule has 0 nitrogen and oxygen atoms in total. The lowest BCUT2D eigenvalue weighted by Gasteiger charge is -2.29. The van der Waals surface area contributed by atoms with Gasteiger partial charge in [0.05, 0.1) is 0 Å². The highest BCUT2D eigenvalue weighted by molar-refractivity contribution is 4.82. The van der Waals surface area contributed by atoms with Crippen LogP contribution in [-0.2, 0) is 0 Å².